The van der Waals surface area contributed by atoms with Gasteiger partial charge in [-0.05, 0) is 43.2 Å². The number of halogens is 2. The molecule has 0 saturated heterocycles. The van der Waals surface area contributed by atoms with Gasteiger partial charge in [-0.25, -0.2) is 13.8 Å². The SMILES string of the molecule is COc1nccc(C2CCC(C#N)CC2)c1C(F)F. The summed E-state index contributed by atoms with van der Waals surface area (Å²) in [6.45, 7) is 0. The smallest absolute Gasteiger partial charge is 0.269 e. The Bertz CT molecular complexity index is 477. The molecule has 5 heteroatoms. The van der Waals surface area contributed by atoms with Crippen LogP contribution in [0.4, 0.5) is 8.78 Å². The second-order valence-electron chi connectivity index (χ2n) is 4.80. The van der Waals surface area contributed by atoms with Gasteiger partial charge in [0.05, 0.1) is 18.7 Å². The number of pyridine rings is 1. The van der Waals surface area contributed by atoms with Crippen LogP contribution in [0.1, 0.15) is 49.2 Å². The molecule has 1 heterocycles. The summed E-state index contributed by atoms with van der Waals surface area (Å²) in [5.41, 5.74) is 0.531. The summed E-state index contributed by atoms with van der Waals surface area (Å²) in [4.78, 5) is 3.85. The summed E-state index contributed by atoms with van der Waals surface area (Å²) < 4.78 is 31.3. The van der Waals surface area contributed by atoms with Gasteiger partial charge in [0.2, 0.25) is 5.88 Å². The molecule has 0 atom stereocenters. The third-order valence-corrected chi connectivity index (χ3v) is 3.75. The largest absolute Gasteiger partial charge is 0.481 e. The zero-order valence-electron chi connectivity index (χ0n) is 10.8. The topological polar surface area (TPSA) is 45.9 Å². The summed E-state index contributed by atoms with van der Waals surface area (Å²) in [6.07, 6.45) is 2.00. The van der Waals surface area contributed by atoms with E-state index in [0.29, 0.717) is 5.56 Å². The maximum atomic E-state index is 13.2. The highest BCUT2D eigenvalue weighted by Crippen LogP contribution is 2.41. The lowest BCUT2D eigenvalue weighted by molar-refractivity contribution is 0.143. The highest BCUT2D eigenvalue weighted by molar-refractivity contribution is 5.38. The van der Waals surface area contributed by atoms with Crippen molar-refractivity contribution >= 4 is 0 Å². The number of ether oxygens (including phenoxy) is 1. The number of hydrogen-bond donors (Lipinski definition) is 0. The van der Waals surface area contributed by atoms with E-state index >= 15 is 0 Å². The summed E-state index contributed by atoms with van der Waals surface area (Å²) in [5.74, 6) is 0.149. The lowest BCUT2D eigenvalue weighted by Crippen LogP contribution is -2.14. The van der Waals surface area contributed by atoms with E-state index in [4.69, 9.17) is 10.00 Å². The molecule has 0 aliphatic heterocycles. The molecule has 0 radical (unpaired) electrons. The minimum atomic E-state index is -2.59. The zero-order valence-corrected chi connectivity index (χ0v) is 10.8. The van der Waals surface area contributed by atoms with Crippen molar-refractivity contribution in [3.63, 3.8) is 0 Å². The first-order valence-corrected chi connectivity index (χ1v) is 6.38. The van der Waals surface area contributed by atoms with Gasteiger partial charge in [0.25, 0.3) is 6.43 Å². The fourth-order valence-electron chi connectivity index (χ4n) is 2.74. The molecule has 1 saturated carbocycles. The number of nitrogens with zero attached hydrogens (tertiary/aromatic N) is 2. The monoisotopic (exact) mass is 266 g/mol. The third-order valence-electron chi connectivity index (χ3n) is 3.75. The van der Waals surface area contributed by atoms with Crippen LogP contribution in [0, 0.1) is 17.2 Å². The Morgan fingerprint density at radius 3 is 2.58 bits per heavy atom. The predicted octanol–water partition coefficient (Wildman–Crippen LogP) is 3.83. The molecular weight excluding hydrogens is 250 g/mol. The Labute approximate surface area is 111 Å². The van der Waals surface area contributed by atoms with Gasteiger partial charge in [-0.3, -0.25) is 0 Å². The van der Waals surface area contributed by atoms with Crippen molar-refractivity contribution < 1.29 is 13.5 Å². The molecule has 1 aliphatic carbocycles. The standard InChI is InChI=1S/C14H16F2N2O/c1-19-14-12(13(15)16)11(6-7-18-14)10-4-2-9(8-17)3-5-10/h6-7,9-10,13H,2-5H2,1H3. The second-order valence-corrected chi connectivity index (χ2v) is 4.80. The first-order valence-electron chi connectivity index (χ1n) is 6.38. The molecule has 1 fully saturated rings. The van der Waals surface area contributed by atoms with Gasteiger partial charge in [0.15, 0.2) is 0 Å². The van der Waals surface area contributed by atoms with E-state index in [1.54, 1.807) is 6.07 Å². The maximum Gasteiger partial charge on any atom is 0.269 e. The Kier molecular flexibility index (Phi) is 4.31. The lowest BCUT2D eigenvalue weighted by Gasteiger charge is -2.27. The van der Waals surface area contributed by atoms with Crippen LogP contribution in [-0.2, 0) is 0 Å². The van der Waals surface area contributed by atoms with Crippen LogP contribution in [-0.4, -0.2) is 12.1 Å². The fourth-order valence-corrected chi connectivity index (χ4v) is 2.74. The molecule has 1 aromatic rings. The van der Waals surface area contributed by atoms with Crippen molar-refractivity contribution in [3.05, 3.63) is 23.4 Å². The molecule has 1 aliphatic rings. The van der Waals surface area contributed by atoms with Crippen LogP contribution < -0.4 is 4.74 Å². The van der Waals surface area contributed by atoms with E-state index in [2.05, 4.69) is 11.1 Å². The summed E-state index contributed by atoms with van der Waals surface area (Å²) in [5, 5.41) is 8.87. The van der Waals surface area contributed by atoms with Crippen molar-refractivity contribution in [2.75, 3.05) is 7.11 Å². The third kappa shape index (κ3) is 2.83. The molecule has 19 heavy (non-hydrogen) atoms. The summed E-state index contributed by atoms with van der Waals surface area (Å²) in [6, 6.07) is 3.90. The van der Waals surface area contributed by atoms with E-state index in [1.165, 1.54) is 13.3 Å². The van der Waals surface area contributed by atoms with E-state index in [9.17, 15) is 8.78 Å². The van der Waals surface area contributed by atoms with Gasteiger partial charge in [0.1, 0.15) is 0 Å². The van der Waals surface area contributed by atoms with E-state index in [-0.39, 0.29) is 23.3 Å². The van der Waals surface area contributed by atoms with Crippen molar-refractivity contribution in [2.45, 2.75) is 38.0 Å². The van der Waals surface area contributed by atoms with Crippen LogP contribution in [0.5, 0.6) is 5.88 Å². The normalized spacial score (nSPS) is 23.1. The van der Waals surface area contributed by atoms with Crippen molar-refractivity contribution in [1.82, 2.24) is 4.98 Å². The minimum absolute atomic E-state index is 0.00917. The molecule has 0 N–H and O–H groups in total. The molecular formula is C14H16F2N2O. The van der Waals surface area contributed by atoms with Gasteiger partial charge >= 0.3 is 0 Å². The minimum Gasteiger partial charge on any atom is -0.481 e. The van der Waals surface area contributed by atoms with Gasteiger partial charge in [-0.15, -0.1) is 0 Å². The zero-order chi connectivity index (χ0) is 13.8. The van der Waals surface area contributed by atoms with Crippen LogP contribution in [0.25, 0.3) is 0 Å². The number of methoxy groups -OCH3 is 1. The van der Waals surface area contributed by atoms with E-state index in [1.807, 2.05) is 0 Å². The quantitative estimate of drug-likeness (QED) is 0.835. The first-order chi connectivity index (χ1) is 9.17. The van der Waals surface area contributed by atoms with Gasteiger partial charge < -0.3 is 4.74 Å². The molecule has 1 aromatic heterocycles. The fraction of sp³-hybridized carbons (Fsp3) is 0.571. The van der Waals surface area contributed by atoms with Crippen LogP contribution >= 0.6 is 0 Å². The molecule has 2 rings (SSSR count). The molecule has 0 unspecified atom stereocenters. The van der Waals surface area contributed by atoms with Crippen LogP contribution in [0.2, 0.25) is 0 Å². The lowest BCUT2D eigenvalue weighted by atomic mass is 9.78. The first kappa shape index (κ1) is 13.7. The van der Waals surface area contributed by atoms with Crippen LogP contribution in [0.3, 0.4) is 0 Å². The molecule has 0 bridgehead atoms. The van der Waals surface area contributed by atoms with Crippen molar-refractivity contribution in [1.29, 1.82) is 5.26 Å². The van der Waals surface area contributed by atoms with Gasteiger partial charge in [-0.2, -0.15) is 5.26 Å². The Hall–Kier alpha value is -1.70. The van der Waals surface area contributed by atoms with Gasteiger partial charge in [-0.1, -0.05) is 0 Å². The van der Waals surface area contributed by atoms with E-state index in [0.717, 1.165) is 25.7 Å². The number of aromatic nitrogens is 1. The Balaban J connectivity index is 2.28. The van der Waals surface area contributed by atoms with Crippen molar-refractivity contribution in [2.24, 2.45) is 5.92 Å². The summed E-state index contributed by atoms with van der Waals surface area (Å²) >= 11 is 0. The van der Waals surface area contributed by atoms with Crippen molar-refractivity contribution in [3.8, 4) is 11.9 Å². The van der Waals surface area contributed by atoms with Crippen LogP contribution in [0.15, 0.2) is 12.3 Å². The number of hydrogen-bond acceptors (Lipinski definition) is 3. The average molecular weight is 266 g/mol. The average Bonchev–Trinajstić information content (AvgIpc) is 2.46. The number of alkyl halides is 2. The molecule has 0 spiro atoms. The Morgan fingerprint density at radius 1 is 1.37 bits per heavy atom. The maximum absolute atomic E-state index is 13.2. The van der Waals surface area contributed by atoms with E-state index < -0.39 is 6.43 Å². The molecule has 3 nitrogen and oxygen atoms in total. The molecule has 0 aromatic carbocycles. The number of nitriles is 1. The summed E-state index contributed by atoms with van der Waals surface area (Å²) in [7, 11) is 1.35. The second kappa shape index (κ2) is 5.96. The molecule has 0 amide bonds. The molecule has 102 valence electrons. The highest BCUT2D eigenvalue weighted by Gasteiger charge is 2.28. The predicted molar refractivity (Wildman–Crippen MR) is 66.1 cm³/mol. The highest BCUT2D eigenvalue weighted by atomic mass is 19.3. The Morgan fingerprint density at radius 2 is 2.05 bits per heavy atom. The van der Waals surface area contributed by atoms with Gasteiger partial charge in [0, 0.05) is 12.1 Å². The number of rotatable bonds is 3.